The molecule has 0 saturated carbocycles. The number of likely N-dealkylation sites (tertiary alicyclic amines) is 1. The number of aromatic nitrogens is 1. The van der Waals surface area contributed by atoms with Gasteiger partial charge in [-0.25, -0.2) is 8.78 Å². The van der Waals surface area contributed by atoms with E-state index in [0.29, 0.717) is 72.6 Å². The fraction of sp³-hybridized carbons (Fsp3) is 0.379. The van der Waals surface area contributed by atoms with Crippen molar-refractivity contribution in [2.75, 3.05) is 26.7 Å². The molecule has 2 aromatic carbocycles. The van der Waals surface area contributed by atoms with Gasteiger partial charge in [-0.3, -0.25) is 14.7 Å². The Morgan fingerprint density at radius 1 is 1.24 bits per heavy atom. The maximum Gasteiger partial charge on any atom is 0.303 e. The summed E-state index contributed by atoms with van der Waals surface area (Å²) in [4.78, 5) is 18.2. The van der Waals surface area contributed by atoms with Gasteiger partial charge in [-0.1, -0.05) is 23.4 Å². The van der Waals surface area contributed by atoms with Crippen LogP contribution in [0.3, 0.4) is 0 Å². The van der Waals surface area contributed by atoms with Crippen LogP contribution in [0.15, 0.2) is 42.6 Å². The number of halogens is 3. The maximum atomic E-state index is 13.8. The molecule has 0 spiro atoms. The van der Waals surface area contributed by atoms with Gasteiger partial charge in [0.1, 0.15) is 17.4 Å². The van der Waals surface area contributed by atoms with Crippen molar-refractivity contribution in [3.05, 3.63) is 70.4 Å². The molecule has 6 nitrogen and oxygen atoms in total. The van der Waals surface area contributed by atoms with Gasteiger partial charge in [-0.05, 0) is 74.5 Å². The first-order valence-electron chi connectivity index (χ1n) is 12.4. The first kappa shape index (κ1) is 27.8. The molecular formula is C29H29ClF2N2O4. The van der Waals surface area contributed by atoms with Crippen LogP contribution in [-0.4, -0.2) is 52.8 Å². The largest absolute Gasteiger partial charge is 0.497 e. The van der Waals surface area contributed by atoms with Gasteiger partial charge in [0.15, 0.2) is 0 Å². The highest BCUT2D eigenvalue weighted by Crippen LogP contribution is 2.43. The van der Waals surface area contributed by atoms with E-state index in [2.05, 4.69) is 21.7 Å². The molecular weight excluding hydrogens is 514 g/mol. The summed E-state index contributed by atoms with van der Waals surface area (Å²) < 4.78 is 32.2. The number of aliphatic carboxylic acids is 1. The van der Waals surface area contributed by atoms with E-state index in [0.717, 1.165) is 6.07 Å². The molecule has 2 heterocycles. The van der Waals surface area contributed by atoms with E-state index in [1.54, 1.807) is 25.3 Å². The molecule has 0 aliphatic carbocycles. The summed E-state index contributed by atoms with van der Waals surface area (Å²) >= 11 is 6.44. The zero-order valence-corrected chi connectivity index (χ0v) is 21.8. The van der Waals surface area contributed by atoms with E-state index < -0.39 is 29.1 Å². The van der Waals surface area contributed by atoms with Crippen LogP contribution in [0.5, 0.6) is 5.75 Å². The predicted octanol–water partition coefficient (Wildman–Crippen LogP) is 5.60. The molecule has 38 heavy (non-hydrogen) atoms. The van der Waals surface area contributed by atoms with Gasteiger partial charge in [0.05, 0.1) is 42.3 Å². The molecule has 3 aromatic rings. The van der Waals surface area contributed by atoms with Crippen LogP contribution in [0.25, 0.3) is 10.9 Å². The summed E-state index contributed by atoms with van der Waals surface area (Å²) in [5.74, 6) is 4.06. The van der Waals surface area contributed by atoms with Crippen molar-refractivity contribution >= 4 is 28.5 Å². The molecule has 1 fully saturated rings. The normalized spacial score (nSPS) is 16.0. The molecule has 0 amide bonds. The Kier molecular flexibility index (Phi) is 8.83. The van der Waals surface area contributed by atoms with Crippen LogP contribution in [0.4, 0.5) is 8.78 Å². The Balaban J connectivity index is 1.43. The molecule has 2 N–H and O–H groups in total. The zero-order chi connectivity index (χ0) is 27.3. The van der Waals surface area contributed by atoms with E-state index in [9.17, 15) is 23.8 Å². The average molecular weight is 543 g/mol. The number of carboxylic acids is 1. The number of carbonyl (C=O) groups is 1. The van der Waals surface area contributed by atoms with Gasteiger partial charge in [-0.15, -0.1) is 0 Å². The fourth-order valence-electron chi connectivity index (χ4n) is 5.08. The highest BCUT2D eigenvalue weighted by Gasteiger charge is 2.37. The molecule has 9 heteroatoms. The Morgan fingerprint density at radius 2 is 2.00 bits per heavy atom. The molecule has 1 saturated heterocycles. The molecule has 4 rings (SSSR count). The Bertz CT molecular complexity index is 1380. The maximum absolute atomic E-state index is 13.8. The smallest absolute Gasteiger partial charge is 0.303 e. The third-order valence-electron chi connectivity index (χ3n) is 7.25. The van der Waals surface area contributed by atoms with Crippen LogP contribution in [-0.2, 0) is 4.79 Å². The lowest BCUT2D eigenvalue weighted by atomic mass is 9.71. The van der Waals surface area contributed by atoms with Crippen molar-refractivity contribution in [1.29, 1.82) is 0 Å². The highest BCUT2D eigenvalue weighted by molar-refractivity contribution is 6.32. The average Bonchev–Trinajstić information content (AvgIpc) is 2.89. The van der Waals surface area contributed by atoms with Gasteiger partial charge < -0.3 is 14.9 Å². The summed E-state index contributed by atoms with van der Waals surface area (Å²) in [7, 11) is 1.56. The second-order valence-electron chi connectivity index (χ2n) is 9.73. The standard InChI is InChI=1S/C29H29ClF2N2O4/c1-38-21-6-7-25-22(16-21)28(23(30)18-33-25)26(35)8-9-29(17-27(36)37)10-13-34(14-11-29)12-2-3-19-4-5-20(31)15-24(19)32/h4-7,15-16,18,26,35H,8-14,17H2,1H3,(H,36,37). The number of piperidine rings is 1. The second kappa shape index (κ2) is 12.1. The number of benzene rings is 2. The van der Waals surface area contributed by atoms with E-state index in [4.69, 9.17) is 16.3 Å². The minimum Gasteiger partial charge on any atom is -0.497 e. The number of fused-ring (bicyclic) bond motifs is 1. The number of aliphatic hydroxyl groups is 1. The summed E-state index contributed by atoms with van der Waals surface area (Å²) in [6.45, 7) is 1.64. The van der Waals surface area contributed by atoms with Gasteiger partial charge in [-0.2, -0.15) is 0 Å². The number of ether oxygens (including phenoxy) is 1. The van der Waals surface area contributed by atoms with Crippen molar-refractivity contribution in [2.24, 2.45) is 5.41 Å². The van der Waals surface area contributed by atoms with Crippen molar-refractivity contribution in [2.45, 2.75) is 38.2 Å². The molecule has 0 radical (unpaired) electrons. The lowest BCUT2D eigenvalue weighted by Crippen LogP contribution is -2.41. The van der Waals surface area contributed by atoms with Gasteiger partial charge in [0.25, 0.3) is 0 Å². The van der Waals surface area contributed by atoms with Crippen molar-refractivity contribution in [3.63, 3.8) is 0 Å². The molecule has 1 unspecified atom stereocenters. The number of pyridine rings is 1. The van der Waals surface area contributed by atoms with Gasteiger partial charge >= 0.3 is 5.97 Å². The minimum absolute atomic E-state index is 0.00131. The number of methoxy groups -OCH3 is 1. The number of carboxylic acid groups (broad SMARTS) is 1. The van der Waals surface area contributed by atoms with E-state index in [1.165, 1.54) is 18.3 Å². The zero-order valence-electron chi connectivity index (χ0n) is 21.0. The lowest BCUT2D eigenvalue weighted by molar-refractivity contribution is -0.141. The van der Waals surface area contributed by atoms with Crippen molar-refractivity contribution in [1.82, 2.24) is 9.88 Å². The lowest BCUT2D eigenvalue weighted by Gasteiger charge is -2.41. The number of nitrogens with zero attached hydrogens (tertiary/aromatic N) is 2. The summed E-state index contributed by atoms with van der Waals surface area (Å²) in [6.07, 6.45) is 2.70. The fourth-order valence-corrected chi connectivity index (χ4v) is 5.36. The summed E-state index contributed by atoms with van der Waals surface area (Å²) in [5, 5.41) is 21.8. The van der Waals surface area contributed by atoms with Gasteiger partial charge in [0.2, 0.25) is 0 Å². The number of hydrogen-bond acceptors (Lipinski definition) is 5. The number of rotatable bonds is 8. The highest BCUT2D eigenvalue weighted by atomic mass is 35.5. The topological polar surface area (TPSA) is 82.9 Å². The first-order valence-corrected chi connectivity index (χ1v) is 12.8. The third-order valence-corrected chi connectivity index (χ3v) is 7.55. The molecule has 1 aliphatic rings. The SMILES string of the molecule is COc1ccc2ncc(Cl)c(C(O)CCC3(CC(=O)O)CCN(CC#Cc4ccc(F)cc4F)CC3)c2c1. The molecule has 1 atom stereocenters. The molecule has 200 valence electrons. The Hall–Kier alpha value is -3.25. The third kappa shape index (κ3) is 6.60. The predicted molar refractivity (Wildman–Crippen MR) is 141 cm³/mol. The van der Waals surface area contributed by atoms with Crippen LogP contribution in [0, 0.1) is 28.9 Å². The van der Waals surface area contributed by atoms with Crippen LogP contribution in [0.2, 0.25) is 5.02 Å². The van der Waals surface area contributed by atoms with Gasteiger partial charge in [0, 0.05) is 23.2 Å². The number of aliphatic hydroxyl groups excluding tert-OH is 1. The van der Waals surface area contributed by atoms with E-state index in [-0.39, 0.29) is 12.0 Å². The van der Waals surface area contributed by atoms with E-state index >= 15 is 0 Å². The van der Waals surface area contributed by atoms with Crippen molar-refractivity contribution in [3.8, 4) is 17.6 Å². The van der Waals surface area contributed by atoms with Crippen molar-refractivity contribution < 1.29 is 28.5 Å². The summed E-state index contributed by atoms with van der Waals surface area (Å²) in [6, 6.07) is 8.66. The first-order chi connectivity index (χ1) is 18.2. The number of hydrogen-bond donors (Lipinski definition) is 2. The quantitative estimate of drug-likeness (QED) is 0.361. The van der Waals surface area contributed by atoms with Crippen LogP contribution in [0.1, 0.15) is 49.3 Å². The minimum atomic E-state index is -0.903. The van der Waals surface area contributed by atoms with E-state index in [1.807, 2.05) is 0 Å². The van der Waals surface area contributed by atoms with Crippen LogP contribution < -0.4 is 4.74 Å². The Morgan fingerprint density at radius 3 is 2.68 bits per heavy atom. The monoisotopic (exact) mass is 542 g/mol. The molecule has 1 aliphatic heterocycles. The molecule has 0 bridgehead atoms. The molecule has 1 aromatic heterocycles. The van der Waals surface area contributed by atoms with Crippen LogP contribution >= 0.6 is 11.6 Å². The Labute approximate surface area is 225 Å². The second-order valence-corrected chi connectivity index (χ2v) is 10.1. The summed E-state index contributed by atoms with van der Waals surface area (Å²) in [5.41, 5.74) is 0.894.